The van der Waals surface area contributed by atoms with Gasteiger partial charge >= 0.3 is 6.18 Å². The van der Waals surface area contributed by atoms with Crippen molar-refractivity contribution in [3.63, 3.8) is 0 Å². The third kappa shape index (κ3) is 2.05. The maximum absolute atomic E-state index is 12.4. The van der Waals surface area contributed by atoms with Gasteiger partial charge in [-0.05, 0) is 17.4 Å². The molecule has 0 aromatic carbocycles. The molecule has 0 saturated carbocycles. The molecule has 0 aromatic heterocycles. The van der Waals surface area contributed by atoms with Crippen molar-refractivity contribution in [2.24, 2.45) is 5.41 Å². The van der Waals surface area contributed by atoms with Crippen molar-refractivity contribution < 1.29 is 18.0 Å². The van der Waals surface area contributed by atoms with Crippen molar-refractivity contribution in [2.75, 3.05) is 0 Å². The Morgan fingerprint density at radius 3 is 2.36 bits per heavy atom. The molecule has 0 N–H and O–H groups in total. The number of alkyl halides is 3. The molecule has 0 radical (unpaired) electrons. The molecule has 0 saturated heterocycles. The summed E-state index contributed by atoms with van der Waals surface area (Å²) in [5.41, 5.74) is -1.70. The summed E-state index contributed by atoms with van der Waals surface area (Å²) in [5, 5.41) is 0. The Labute approximate surface area is 80.3 Å². The molecule has 0 amide bonds. The van der Waals surface area contributed by atoms with Gasteiger partial charge in [-0.15, -0.1) is 0 Å². The molecule has 1 aliphatic carbocycles. The van der Waals surface area contributed by atoms with Crippen LogP contribution in [0.25, 0.3) is 0 Å². The maximum Gasteiger partial charge on any atom is 0.419 e. The Morgan fingerprint density at radius 2 is 1.93 bits per heavy atom. The summed E-state index contributed by atoms with van der Waals surface area (Å²) in [7, 11) is 0. The zero-order valence-electron chi connectivity index (χ0n) is 8.03. The number of rotatable bonds is 0. The summed E-state index contributed by atoms with van der Waals surface area (Å²) in [6, 6.07) is 0. The standard InChI is InChI=1S/C10H11F3O/c1-6-4-9(2,3)5-7(8(6)14)10(11,12)13/h5H,1,4H2,2-3H3. The first-order chi connectivity index (χ1) is 6.13. The summed E-state index contributed by atoms with van der Waals surface area (Å²) in [5.74, 6) is -0.975. The largest absolute Gasteiger partial charge is 0.419 e. The summed E-state index contributed by atoms with van der Waals surface area (Å²) in [6.07, 6.45) is -3.30. The molecule has 1 rings (SSSR count). The van der Waals surface area contributed by atoms with Crippen LogP contribution in [0.3, 0.4) is 0 Å². The lowest BCUT2D eigenvalue weighted by atomic mass is 9.77. The van der Waals surface area contributed by atoms with Gasteiger partial charge in [0.05, 0.1) is 5.57 Å². The average Bonchev–Trinajstić information content (AvgIpc) is 1.93. The summed E-state index contributed by atoms with van der Waals surface area (Å²) in [6.45, 7) is 6.66. The molecular formula is C10H11F3O. The highest BCUT2D eigenvalue weighted by Gasteiger charge is 2.43. The van der Waals surface area contributed by atoms with Crippen LogP contribution >= 0.6 is 0 Å². The molecule has 0 atom stereocenters. The number of Topliss-reactive ketones (excluding diaryl/α,β-unsaturated/α-hetero) is 1. The van der Waals surface area contributed by atoms with E-state index in [1.165, 1.54) is 0 Å². The predicted octanol–water partition coefficient (Wildman–Crippen LogP) is 3.03. The van der Waals surface area contributed by atoms with Gasteiger partial charge in [0.1, 0.15) is 0 Å². The number of hydrogen-bond donors (Lipinski definition) is 0. The molecule has 0 aliphatic heterocycles. The van der Waals surface area contributed by atoms with E-state index in [1.54, 1.807) is 13.8 Å². The molecule has 0 aromatic rings. The van der Waals surface area contributed by atoms with Crippen LogP contribution in [0.1, 0.15) is 20.3 Å². The first-order valence-electron chi connectivity index (χ1n) is 4.16. The first kappa shape index (κ1) is 11.0. The molecule has 4 heteroatoms. The summed E-state index contributed by atoms with van der Waals surface area (Å²) >= 11 is 0. The van der Waals surface area contributed by atoms with E-state index in [0.717, 1.165) is 6.08 Å². The highest BCUT2D eigenvalue weighted by Crippen LogP contribution is 2.40. The minimum absolute atomic E-state index is 0.0322. The Kier molecular flexibility index (Phi) is 2.34. The van der Waals surface area contributed by atoms with Gasteiger partial charge in [-0.3, -0.25) is 4.79 Å². The van der Waals surface area contributed by atoms with Crippen molar-refractivity contribution in [1.29, 1.82) is 0 Å². The number of halogens is 3. The van der Waals surface area contributed by atoms with Crippen LogP contribution in [0.2, 0.25) is 0 Å². The minimum Gasteiger partial charge on any atom is -0.289 e. The van der Waals surface area contributed by atoms with Crippen molar-refractivity contribution in [3.8, 4) is 0 Å². The van der Waals surface area contributed by atoms with Crippen LogP contribution < -0.4 is 0 Å². The molecule has 1 aliphatic rings. The van der Waals surface area contributed by atoms with Gasteiger partial charge < -0.3 is 0 Å². The number of allylic oxidation sites excluding steroid dienone is 3. The fourth-order valence-electron chi connectivity index (χ4n) is 1.54. The second-order valence-corrected chi connectivity index (χ2v) is 4.15. The molecule has 1 nitrogen and oxygen atoms in total. The lowest BCUT2D eigenvalue weighted by Gasteiger charge is -2.28. The quantitative estimate of drug-likeness (QED) is 0.554. The third-order valence-corrected chi connectivity index (χ3v) is 2.08. The van der Waals surface area contributed by atoms with Gasteiger partial charge in [0.25, 0.3) is 0 Å². The molecule has 14 heavy (non-hydrogen) atoms. The van der Waals surface area contributed by atoms with E-state index in [1.807, 2.05) is 0 Å². The molecule has 0 fully saturated rings. The van der Waals surface area contributed by atoms with Gasteiger partial charge in [-0.25, -0.2) is 0 Å². The van der Waals surface area contributed by atoms with Crippen LogP contribution in [0.15, 0.2) is 23.8 Å². The van der Waals surface area contributed by atoms with Gasteiger partial charge in [0.2, 0.25) is 0 Å². The van der Waals surface area contributed by atoms with Crippen molar-refractivity contribution in [3.05, 3.63) is 23.8 Å². The van der Waals surface area contributed by atoms with E-state index < -0.39 is 22.9 Å². The number of carbonyl (C=O) groups excluding carboxylic acids is 1. The molecule has 0 unspecified atom stereocenters. The number of hydrogen-bond acceptors (Lipinski definition) is 1. The molecule has 78 valence electrons. The van der Waals surface area contributed by atoms with E-state index >= 15 is 0 Å². The van der Waals surface area contributed by atoms with E-state index in [0.29, 0.717) is 0 Å². The summed E-state index contributed by atoms with van der Waals surface area (Å²) < 4.78 is 37.1. The van der Waals surface area contributed by atoms with E-state index in [2.05, 4.69) is 6.58 Å². The Morgan fingerprint density at radius 1 is 1.43 bits per heavy atom. The summed E-state index contributed by atoms with van der Waals surface area (Å²) in [4.78, 5) is 11.2. The van der Waals surface area contributed by atoms with E-state index in [-0.39, 0.29) is 12.0 Å². The minimum atomic E-state index is -4.57. The number of carbonyl (C=O) groups is 1. The zero-order chi connectivity index (χ0) is 11.1. The van der Waals surface area contributed by atoms with Crippen molar-refractivity contribution >= 4 is 5.78 Å². The third-order valence-electron chi connectivity index (χ3n) is 2.08. The van der Waals surface area contributed by atoms with Crippen LogP contribution in [0.4, 0.5) is 13.2 Å². The normalized spacial score (nSPS) is 22.2. The van der Waals surface area contributed by atoms with Gasteiger partial charge in [-0.2, -0.15) is 13.2 Å². The predicted molar refractivity (Wildman–Crippen MR) is 46.7 cm³/mol. The van der Waals surface area contributed by atoms with Crippen LogP contribution in [-0.2, 0) is 4.79 Å². The fourth-order valence-corrected chi connectivity index (χ4v) is 1.54. The van der Waals surface area contributed by atoms with Crippen LogP contribution in [0.5, 0.6) is 0 Å². The van der Waals surface area contributed by atoms with Crippen molar-refractivity contribution in [1.82, 2.24) is 0 Å². The second-order valence-electron chi connectivity index (χ2n) is 4.15. The van der Waals surface area contributed by atoms with Crippen LogP contribution in [-0.4, -0.2) is 12.0 Å². The van der Waals surface area contributed by atoms with Gasteiger partial charge in [0.15, 0.2) is 5.78 Å². The Bertz CT molecular complexity index is 321. The molecule has 0 heterocycles. The molecular weight excluding hydrogens is 193 g/mol. The average molecular weight is 204 g/mol. The van der Waals surface area contributed by atoms with Crippen molar-refractivity contribution in [2.45, 2.75) is 26.4 Å². The highest BCUT2D eigenvalue weighted by atomic mass is 19.4. The monoisotopic (exact) mass is 204 g/mol. The van der Waals surface area contributed by atoms with E-state index in [9.17, 15) is 18.0 Å². The Hall–Kier alpha value is -1.06. The second kappa shape index (κ2) is 2.97. The fraction of sp³-hybridized carbons (Fsp3) is 0.500. The molecule has 0 bridgehead atoms. The van der Waals surface area contributed by atoms with E-state index in [4.69, 9.17) is 0 Å². The zero-order valence-corrected chi connectivity index (χ0v) is 8.03. The Balaban J connectivity index is 3.20. The van der Waals surface area contributed by atoms with Gasteiger partial charge in [-0.1, -0.05) is 26.5 Å². The highest BCUT2D eigenvalue weighted by molar-refractivity contribution is 6.09. The van der Waals surface area contributed by atoms with Crippen LogP contribution in [0, 0.1) is 5.41 Å². The SMILES string of the molecule is C=C1CC(C)(C)C=C(C(F)(F)F)C1=O. The lowest BCUT2D eigenvalue weighted by molar-refractivity contribution is -0.127. The maximum atomic E-state index is 12.4. The topological polar surface area (TPSA) is 17.1 Å². The van der Waals surface area contributed by atoms with Gasteiger partial charge in [0, 0.05) is 0 Å². The lowest BCUT2D eigenvalue weighted by Crippen LogP contribution is -2.29. The smallest absolute Gasteiger partial charge is 0.289 e. The number of ketones is 1. The first-order valence-corrected chi connectivity index (χ1v) is 4.16. The molecule has 0 spiro atoms.